The molecule has 2 aromatic heterocycles. The SMILES string of the molecule is c1coc(C2=NNC(c3ccco3)=NN2)c1. The molecule has 2 N–H and O–H groups in total. The first-order valence-corrected chi connectivity index (χ1v) is 4.68. The highest BCUT2D eigenvalue weighted by Gasteiger charge is 2.14. The Bertz CT molecular complexity index is 475. The zero-order chi connectivity index (χ0) is 10.8. The van der Waals surface area contributed by atoms with Gasteiger partial charge in [0.25, 0.3) is 0 Å². The van der Waals surface area contributed by atoms with Gasteiger partial charge in [0, 0.05) is 0 Å². The average molecular weight is 216 g/mol. The Morgan fingerprint density at radius 1 is 0.812 bits per heavy atom. The fraction of sp³-hybridized carbons (Fsp3) is 0. The van der Waals surface area contributed by atoms with Crippen molar-refractivity contribution in [1.82, 2.24) is 10.9 Å². The van der Waals surface area contributed by atoms with E-state index in [1.54, 1.807) is 36.8 Å². The fourth-order valence-corrected chi connectivity index (χ4v) is 1.31. The molecule has 0 spiro atoms. The molecule has 0 amide bonds. The van der Waals surface area contributed by atoms with Gasteiger partial charge in [-0.2, -0.15) is 10.2 Å². The lowest BCUT2D eigenvalue weighted by Crippen LogP contribution is -2.34. The minimum absolute atomic E-state index is 0.528. The minimum Gasteiger partial charge on any atom is -0.461 e. The van der Waals surface area contributed by atoms with Crippen molar-refractivity contribution < 1.29 is 8.83 Å². The predicted octanol–water partition coefficient (Wildman–Crippen LogP) is 1.09. The summed E-state index contributed by atoms with van der Waals surface area (Å²) in [7, 11) is 0. The summed E-state index contributed by atoms with van der Waals surface area (Å²) >= 11 is 0. The van der Waals surface area contributed by atoms with Crippen molar-refractivity contribution in [3.8, 4) is 0 Å². The Labute approximate surface area is 90.6 Å². The number of hydrogen-bond donors (Lipinski definition) is 2. The van der Waals surface area contributed by atoms with E-state index in [2.05, 4.69) is 21.1 Å². The van der Waals surface area contributed by atoms with Crippen molar-refractivity contribution in [2.24, 2.45) is 10.2 Å². The minimum atomic E-state index is 0.528. The first kappa shape index (κ1) is 8.78. The van der Waals surface area contributed by atoms with E-state index in [4.69, 9.17) is 8.83 Å². The molecule has 0 atom stereocenters. The normalized spacial score (nSPS) is 14.8. The van der Waals surface area contributed by atoms with Gasteiger partial charge in [-0.05, 0) is 24.3 Å². The van der Waals surface area contributed by atoms with Crippen LogP contribution in [0.3, 0.4) is 0 Å². The van der Waals surface area contributed by atoms with Crippen LogP contribution in [0.2, 0.25) is 0 Å². The second-order valence-corrected chi connectivity index (χ2v) is 3.10. The molecule has 80 valence electrons. The molecule has 2 aromatic rings. The van der Waals surface area contributed by atoms with Gasteiger partial charge in [0.05, 0.1) is 12.5 Å². The summed E-state index contributed by atoms with van der Waals surface area (Å²) in [6.45, 7) is 0. The van der Waals surface area contributed by atoms with Gasteiger partial charge >= 0.3 is 0 Å². The van der Waals surface area contributed by atoms with Gasteiger partial charge in [-0.25, -0.2) is 0 Å². The topological polar surface area (TPSA) is 75.1 Å². The molecule has 6 heteroatoms. The third-order valence-electron chi connectivity index (χ3n) is 2.06. The molecule has 0 unspecified atom stereocenters. The van der Waals surface area contributed by atoms with E-state index in [1.807, 2.05) is 0 Å². The van der Waals surface area contributed by atoms with Crippen LogP contribution >= 0.6 is 0 Å². The number of nitrogens with zero attached hydrogens (tertiary/aromatic N) is 2. The van der Waals surface area contributed by atoms with Crippen LogP contribution in [0.15, 0.2) is 55.8 Å². The third kappa shape index (κ3) is 1.46. The van der Waals surface area contributed by atoms with Crippen LogP contribution in [0.25, 0.3) is 0 Å². The first-order chi connectivity index (χ1) is 7.93. The van der Waals surface area contributed by atoms with Gasteiger partial charge in [-0.1, -0.05) is 0 Å². The van der Waals surface area contributed by atoms with Crippen LogP contribution < -0.4 is 10.9 Å². The molecule has 1 aliphatic heterocycles. The monoisotopic (exact) mass is 216 g/mol. The Morgan fingerprint density at radius 2 is 1.31 bits per heavy atom. The Kier molecular flexibility index (Phi) is 1.96. The molecule has 0 saturated heterocycles. The van der Waals surface area contributed by atoms with Crippen LogP contribution in [-0.2, 0) is 0 Å². The maximum absolute atomic E-state index is 5.17. The number of hydrogen-bond acceptors (Lipinski definition) is 6. The molecule has 0 bridgehead atoms. The second kappa shape index (κ2) is 3.58. The highest BCUT2D eigenvalue weighted by atomic mass is 16.3. The van der Waals surface area contributed by atoms with E-state index in [9.17, 15) is 0 Å². The maximum Gasteiger partial charge on any atom is 0.209 e. The summed E-state index contributed by atoms with van der Waals surface area (Å²) < 4.78 is 10.3. The van der Waals surface area contributed by atoms with E-state index >= 15 is 0 Å². The summed E-state index contributed by atoms with van der Waals surface area (Å²) in [6, 6.07) is 7.15. The van der Waals surface area contributed by atoms with Crippen LogP contribution in [0.5, 0.6) is 0 Å². The molecule has 0 aliphatic carbocycles. The van der Waals surface area contributed by atoms with Gasteiger partial charge in [-0.15, -0.1) is 0 Å². The lowest BCUT2D eigenvalue weighted by Gasteiger charge is -2.11. The molecule has 1 aliphatic rings. The molecule has 3 rings (SSSR count). The number of nitrogens with one attached hydrogen (secondary N) is 2. The van der Waals surface area contributed by atoms with E-state index in [1.165, 1.54) is 0 Å². The van der Waals surface area contributed by atoms with Gasteiger partial charge in [0.15, 0.2) is 11.5 Å². The maximum atomic E-state index is 5.17. The standard InChI is InChI=1S/C10H8N4O2/c1-3-7(15-5-1)9-11-13-10(14-12-9)8-4-2-6-16-8/h1-6H,(H,11,12)(H,13,14). The molecule has 0 saturated carbocycles. The van der Waals surface area contributed by atoms with Crippen molar-refractivity contribution in [2.45, 2.75) is 0 Å². The Balaban J connectivity index is 1.79. The van der Waals surface area contributed by atoms with Crippen molar-refractivity contribution >= 4 is 11.7 Å². The second-order valence-electron chi connectivity index (χ2n) is 3.10. The highest BCUT2D eigenvalue weighted by Crippen LogP contribution is 2.05. The number of rotatable bonds is 2. The predicted molar refractivity (Wildman–Crippen MR) is 56.8 cm³/mol. The summed E-state index contributed by atoms with van der Waals surface area (Å²) in [6.07, 6.45) is 3.15. The Hall–Kier alpha value is -2.50. The molecule has 6 nitrogen and oxygen atoms in total. The van der Waals surface area contributed by atoms with Crippen molar-refractivity contribution in [3.63, 3.8) is 0 Å². The van der Waals surface area contributed by atoms with E-state index < -0.39 is 0 Å². The van der Waals surface area contributed by atoms with Crippen molar-refractivity contribution in [1.29, 1.82) is 0 Å². The summed E-state index contributed by atoms with van der Waals surface area (Å²) in [5, 5.41) is 8.16. The summed E-state index contributed by atoms with van der Waals surface area (Å²) in [5.74, 6) is 2.30. The smallest absolute Gasteiger partial charge is 0.209 e. The third-order valence-corrected chi connectivity index (χ3v) is 2.06. The van der Waals surface area contributed by atoms with Crippen molar-refractivity contribution in [2.75, 3.05) is 0 Å². The van der Waals surface area contributed by atoms with Crippen LogP contribution in [0.1, 0.15) is 11.5 Å². The summed E-state index contributed by atoms with van der Waals surface area (Å²) in [4.78, 5) is 0. The molecule has 16 heavy (non-hydrogen) atoms. The van der Waals surface area contributed by atoms with Gasteiger partial charge in [-0.3, -0.25) is 10.9 Å². The lowest BCUT2D eigenvalue weighted by molar-refractivity contribution is 0.545. The average Bonchev–Trinajstić information content (AvgIpc) is 3.03. The highest BCUT2D eigenvalue weighted by molar-refractivity contribution is 6.03. The number of amidine groups is 2. The van der Waals surface area contributed by atoms with E-state index in [0.717, 1.165) is 0 Å². The zero-order valence-electron chi connectivity index (χ0n) is 8.18. The molecular weight excluding hydrogens is 208 g/mol. The molecule has 0 radical (unpaired) electrons. The molecule has 3 heterocycles. The molecular formula is C10H8N4O2. The number of hydrazone groups is 2. The molecule has 0 aromatic carbocycles. The number of furan rings is 2. The summed E-state index contributed by atoms with van der Waals surface area (Å²) in [5.41, 5.74) is 5.56. The zero-order valence-corrected chi connectivity index (χ0v) is 8.18. The van der Waals surface area contributed by atoms with E-state index in [0.29, 0.717) is 23.2 Å². The van der Waals surface area contributed by atoms with Gasteiger partial charge in [0.1, 0.15) is 0 Å². The van der Waals surface area contributed by atoms with Crippen molar-refractivity contribution in [3.05, 3.63) is 48.3 Å². The lowest BCUT2D eigenvalue weighted by atomic mass is 10.4. The fourth-order valence-electron chi connectivity index (χ4n) is 1.31. The van der Waals surface area contributed by atoms with Gasteiger partial charge < -0.3 is 8.83 Å². The Morgan fingerprint density at radius 3 is 1.62 bits per heavy atom. The van der Waals surface area contributed by atoms with Gasteiger partial charge in [0.2, 0.25) is 11.7 Å². The van der Waals surface area contributed by atoms with Crippen LogP contribution in [0, 0.1) is 0 Å². The van der Waals surface area contributed by atoms with Crippen LogP contribution in [-0.4, -0.2) is 11.7 Å². The van der Waals surface area contributed by atoms with Crippen LogP contribution in [0.4, 0.5) is 0 Å². The van der Waals surface area contributed by atoms with E-state index in [-0.39, 0.29) is 0 Å². The quantitative estimate of drug-likeness (QED) is 0.787. The molecule has 0 fully saturated rings. The first-order valence-electron chi connectivity index (χ1n) is 4.68. The largest absolute Gasteiger partial charge is 0.461 e.